The maximum Gasteiger partial charge on any atom is 0.224 e. The third kappa shape index (κ3) is 6.13. The maximum absolute atomic E-state index is 11.8. The predicted molar refractivity (Wildman–Crippen MR) is 88.1 cm³/mol. The Balaban J connectivity index is 2.26. The first-order valence-corrected chi connectivity index (χ1v) is 8.81. The maximum atomic E-state index is 11.8. The van der Waals surface area contributed by atoms with E-state index in [1.165, 1.54) is 0 Å². The second-order valence-electron chi connectivity index (χ2n) is 6.22. The Labute approximate surface area is 132 Å². The second kappa shape index (κ2) is 7.71. The van der Waals surface area contributed by atoms with E-state index < -0.39 is 14.8 Å². The van der Waals surface area contributed by atoms with Crippen LogP contribution in [0.25, 0.3) is 0 Å². The molecule has 0 radical (unpaired) electrons. The lowest BCUT2D eigenvalue weighted by Crippen LogP contribution is -2.40. The van der Waals surface area contributed by atoms with Crippen LogP contribution in [0.1, 0.15) is 40.0 Å². The Morgan fingerprint density at radius 1 is 1.23 bits per heavy atom. The van der Waals surface area contributed by atoms with Crippen LogP contribution in [-0.2, 0) is 14.8 Å². The van der Waals surface area contributed by atoms with Gasteiger partial charge in [-0.2, -0.15) is 0 Å². The molecule has 1 aromatic rings. The molecule has 1 aromatic carbocycles. The van der Waals surface area contributed by atoms with Crippen molar-refractivity contribution < 1.29 is 18.9 Å². The van der Waals surface area contributed by atoms with Crippen LogP contribution in [0.3, 0.4) is 0 Å². The molecule has 0 unspecified atom stereocenters. The van der Waals surface area contributed by atoms with E-state index in [1.54, 1.807) is 26.8 Å². The van der Waals surface area contributed by atoms with Crippen LogP contribution in [0.4, 0.5) is 11.4 Å². The molecule has 0 bridgehead atoms. The van der Waals surface area contributed by atoms with E-state index in [0.717, 1.165) is 11.4 Å². The standard InChI is InChI=1S/C15H25N3O3S/c1-15(2,3)22(20,21)17-10-5-4-9-14(19)18-13-8-6-7-12(16)11-13/h6-8,11,17H,4-5,9-10,16H2,1-3H3,(H,18,19)/p+1. The summed E-state index contributed by atoms with van der Waals surface area (Å²) >= 11 is 0. The SMILES string of the molecule is CC(C)(C)S(=O)(=O)NCCCCC(=O)Nc1cccc([NH3+])c1. The van der Waals surface area contributed by atoms with Crippen molar-refractivity contribution in [3.05, 3.63) is 24.3 Å². The first kappa shape index (κ1) is 18.6. The molecule has 5 N–H and O–H groups in total. The summed E-state index contributed by atoms with van der Waals surface area (Å²) in [6.45, 7) is 5.31. The van der Waals surface area contributed by atoms with Gasteiger partial charge in [0.05, 0.1) is 4.75 Å². The van der Waals surface area contributed by atoms with E-state index in [4.69, 9.17) is 0 Å². The van der Waals surface area contributed by atoms with Gasteiger partial charge >= 0.3 is 0 Å². The molecule has 0 aliphatic carbocycles. The Hall–Kier alpha value is -1.44. The summed E-state index contributed by atoms with van der Waals surface area (Å²) in [5, 5.41) is 2.80. The number of hydrogen-bond donors (Lipinski definition) is 3. The van der Waals surface area contributed by atoms with Crippen LogP contribution in [0.2, 0.25) is 0 Å². The fourth-order valence-corrected chi connectivity index (χ4v) is 2.55. The summed E-state index contributed by atoms with van der Waals surface area (Å²) in [7, 11) is -3.31. The third-order valence-corrected chi connectivity index (χ3v) is 5.34. The van der Waals surface area contributed by atoms with Gasteiger partial charge in [0.2, 0.25) is 15.9 Å². The topological polar surface area (TPSA) is 103 Å². The third-order valence-electron chi connectivity index (χ3n) is 3.14. The van der Waals surface area contributed by atoms with Crippen molar-refractivity contribution in [2.45, 2.75) is 44.8 Å². The molecule has 0 saturated carbocycles. The van der Waals surface area contributed by atoms with Crippen LogP contribution in [0.5, 0.6) is 0 Å². The van der Waals surface area contributed by atoms with Crippen LogP contribution in [0.15, 0.2) is 24.3 Å². The molecule has 124 valence electrons. The minimum absolute atomic E-state index is 0.0794. The van der Waals surface area contributed by atoms with Gasteiger partial charge in [0.1, 0.15) is 5.69 Å². The van der Waals surface area contributed by atoms with Gasteiger partial charge in [-0.15, -0.1) is 0 Å². The zero-order chi connectivity index (χ0) is 16.8. The van der Waals surface area contributed by atoms with E-state index >= 15 is 0 Å². The van der Waals surface area contributed by atoms with Crippen molar-refractivity contribution in [1.82, 2.24) is 4.72 Å². The van der Waals surface area contributed by atoms with Gasteiger partial charge < -0.3 is 11.1 Å². The predicted octanol–water partition coefficient (Wildman–Crippen LogP) is 1.39. The fourth-order valence-electron chi connectivity index (χ4n) is 1.71. The molecule has 1 rings (SSSR count). The van der Waals surface area contributed by atoms with Crippen LogP contribution < -0.4 is 15.8 Å². The summed E-state index contributed by atoms with van der Waals surface area (Å²) in [5.41, 5.74) is 5.37. The van der Waals surface area contributed by atoms with Crippen molar-refractivity contribution in [2.24, 2.45) is 0 Å². The zero-order valence-electron chi connectivity index (χ0n) is 13.5. The van der Waals surface area contributed by atoms with Gasteiger partial charge in [0.15, 0.2) is 0 Å². The zero-order valence-corrected chi connectivity index (χ0v) is 14.3. The first-order valence-electron chi connectivity index (χ1n) is 7.33. The number of quaternary nitrogens is 1. The number of hydrogen-bond acceptors (Lipinski definition) is 3. The largest absolute Gasteiger partial charge is 0.326 e. The molecular weight excluding hydrogens is 302 g/mol. The number of anilines is 1. The van der Waals surface area contributed by atoms with E-state index in [1.807, 2.05) is 18.2 Å². The van der Waals surface area contributed by atoms with Gasteiger partial charge in [-0.25, -0.2) is 13.1 Å². The second-order valence-corrected chi connectivity index (χ2v) is 8.74. The molecular formula is C15H26N3O3S+. The van der Waals surface area contributed by atoms with Crippen LogP contribution in [0, 0.1) is 0 Å². The molecule has 0 aliphatic heterocycles. The smallest absolute Gasteiger partial charge is 0.224 e. The van der Waals surface area contributed by atoms with E-state index in [2.05, 4.69) is 15.8 Å². The molecule has 0 heterocycles. The lowest BCUT2D eigenvalue weighted by molar-refractivity contribution is -0.254. The molecule has 0 atom stereocenters. The quantitative estimate of drug-likeness (QED) is 0.659. The lowest BCUT2D eigenvalue weighted by atomic mass is 10.2. The molecule has 1 amide bonds. The summed E-state index contributed by atoms with van der Waals surface area (Å²) in [6.07, 6.45) is 1.61. The van der Waals surface area contributed by atoms with Crippen LogP contribution >= 0.6 is 0 Å². The van der Waals surface area contributed by atoms with Gasteiger partial charge in [-0.3, -0.25) is 4.79 Å². The number of amides is 1. The molecule has 0 saturated heterocycles. The average Bonchev–Trinajstić information content (AvgIpc) is 2.36. The Bertz CT molecular complexity index is 607. The van der Waals surface area contributed by atoms with Crippen molar-refractivity contribution in [3.63, 3.8) is 0 Å². The molecule has 6 nitrogen and oxygen atoms in total. The van der Waals surface area contributed by atoms with E-state index in [0.29, 0.717) is 25.8 Å². The van der Waals surface area contributed by atoms with Crippen molar-refractivity contribution in [2.75, 3.05) is 11.9 Å². The molecule has 22 heavy (non-hydrogen) atoms. The van der Waals surface area contributed by atoms with Gasteiger partial charge in [-0.1, -0.05) is 6.07 Å². The summed E-state index contributed by atoms with van der Waals surface area (Å²) in [6, 6.07) is 7.30. The first-order chi connectivity index (χ1) is 10.1. The fraction of sp³-hybridized carbons (Fsp3) is 0.533. The van der Waals surface area contributed by atoms with Gasteiger partial charge in [0, 0.05) is 24.7 Å². The van der Waals surface area contributed by atoms with E-state index in [9.17, 15) is 13.2 Å². The number of benzene rings is 1. The van der Waals surface area contributed by atoms with Crippen molar-refractivity contribution >= 4 is 27.3 Å². The molecule has 7 heteroatoms. The summed E-state index contributed by atoms with van der Waals surface area (Å²) in [5.74, 6) is -0.0794. The Morgan fingerprint density at radius 2 is 1.91 bits per heavy atom. The molecule has 0 aliphatic rings. The summed E-state index contributed by atoms with van der Waals surface area (Å²) < 4.78 is 25.4. The number of unbranched alkanes of at least 4 members (excludes halogenated alkanes) is 1. The van der Waals surface area contributed by atoms with Crippen LogP contribution in [-0.4, -0.2) is 25.6 Å². The molecule has 0 spiro atoms. The number of sulfonamides is 1. The highest BCUT2D eigenvalue weighted by Crippen LogP contribution is 2.13. The minimum atomic E-state index is -3.31. The highest BCUT2D eigenvalue weighted by atomic mass is 32.2. The highest BCUT2D eigenvalue weighted by molar-refractivity contribution is 7.90. The lowest BCUT2D eigenvalue weighted by Gasteiger charge is -2.19. The monoisotopic (exact) mass is 328 g/mol. The molecule has 0 fully saturated rings. The van der Waals surface area contributed by atoms with Gasteiger partial charge in [-0.05, 0) is 45.7 Å². The van der Waals surface area contributed by atoms with Crippen molar-refractivity contribution in [3.8, 4) is 0 Å². The number of carbonyl (C=O) groups is 1. The van der Waals surface area contributed by atoms with E-state index in [-0.39, 0.29) is 5.91 Å². The number of rotatable bonds is 7. The average molecular weight is 328 g/mol. The summed E-state index contributed by atoms with van der Waals surface area (Å²) in [4.78, 5) is 11.8. The molecule has 0 aromatic heterocycles. The number of carbonyl (C=O) groups excluding carboxylic acids is 1. The van der Waals surface area contributed by atoms with Crippen molar-refractivity contribution in [1.29, 1.82) is 0 Å². The number of nitrogens with one attached hydrogen (secondary N) is 2. The normalized spacial score (nSPS) is 12.2. The minimum Gasteiger partial charge on any atom is -0.326 e. The Kier molecular flexibility index (Phi) is 6.52. The van der Waals surface area contributed by atoms with Gasteiger partial charge in [0.25, 0.3) is 0 Å². The highest BCUT2D eigenvalue weighted by Gasteiger charge is 2.27. The Morgan fingerprint density at radius 3 is 2.50 bits per heavy atom.